The van der Waals surface area contributed by atoms with Crippen molar-refractivity contribution in [1.82, 2.24) is 0 Å². The monoisotopic (exact) mass is 290 g/mol. The van der Waals surface area contributed by atoms with Gasteiger partial charge in [-0.1, -0.05) is 19.1 Å². The molecule has 0 saturated heterocycles. The average Bonchev–Trinajstić information content (AvgIpc) is 2.48. The molecule has 0 fully saturated rings. The first-order valence-corrected chi connectivity index (χ1v) is 7.39. The van der Waals surface area contributed by atoms with Crippen molar-refractivity contribution in [2.45, 2.75) is 46.1 Å². The summed E-state index contributed by atoms with van der Waals surface area (Å²) in [4.78, 5) is 0. The molecule has 0 aromatic heterocycles. The maximum absolute atomic E-state index is 9.05. The zero-order valence-corrected chi connectivity index (χ0v) is 13.5. The van der Waals surface area contributed by atoms with Crippen molar-refractivity contribution in [3.05, 3.63) is 23.8 Å². The highest BCUT2D eigenvalue weighted by molar-refractivity contribution is 5.47. The Balaban J connectivity index is 2.85. The maximum Gasteiger partial charge on any atom is 0.164 e. The smallest absolute Gasteiger partial charge is 0.164 e. The van der Waals surface area contributed by atoms with Crippen LogP contribution in [0.25, 0.3) is 0 Å². The number of hydrogen-bond donors (Lipinski definition) is 1. The summed E-state index contributed by atoms with van der Waals surface area (Å²) in [6.07, 6.45) is 2.34. The van der Waals surface area contributed by atoms with Crippen LogP contribution in [0.1, 0.15) is 39.2 Å². The van der Waals surface area contributed by atoms with E-state index in [1.54, 1.807) is 7.11 Å². The van der Waals surface area contributed by atoms with Crippen LogP contribution in [0.4, 0.5) is 0 Å². The summed E-state index contributed by atoms with van der Waals surface area (Å²) in [6.45, 7) is 6.37. The SMILES string of the molecule is CCC(N)Cc1cccc(OC)c1OCCC(C)(C)C#N. The lowest BCUT2D eigenvalue weighted by atomic mass is 9.92. The Morgan fingerprint density at radius 2 is 2.10 bits per heavy atom. The number of ether oxygens (including phenoxy) is 2. The molecule has 0 aliphatic carbocycles. The highest BCUT2D eigenvalue weighted by atomic mass is 16.5. The number of nitrogens with two attached hydrogens (primary N) is 1. The third-order valence-electron chi connectivity index (χ3n) is 3.56. The van der Waals surface area contributed by atoms with Crippen LogP contribution in [-0.4, -0.2) is 19.8 Å². The molecule has 1 aromatic carbocycles. The van der Waals surface area contributed by atoms with E-state index in [0.717, 1.165) is 24.2 Å². The van der Waals surface area contributed by atoms with Crippen LogP contribution in [0, 0.1) is 16.7 Å². The van der Waals surface area contributed by atoms with Crippen molar-refractivity contribution < 1.29 is 9.47 Å². The average molecular weight is 290 g/mol. The Morgan fingerprint density at radius 1 is 1.38 bits per heavy atom. The second-order valence-corrected chi connectivity index (χ2v) is 5.92. The summed E-state index contributed by atoms with van der Waals surface area (Å²) >= 11 is 0. The lowest BCUT2D eigenvalue weighted by Gasteiger charge is -2.19. The molecule has 2 N–H and O–H groups in total. The van der Waals surface area contributed by atoms with E-state index < -0.39 is 0 Å². The summed E-state index contributed by atoms with van der Waals surface area (Å²) in [5, 5.41) is 9.05. The number of benzene rings is 1. The van der Waals surface area contributed by atoms with E-state index in [9.17, 15) is 0 Å². The first-order valence-electron chi connectivity index (χ1n) is 7.39. The molecule has 0 radical (unpaired) electrons. The molecule has 0 aliphatic heterocycles. The van der Waals surface area contributed by atoms with Crippen LogP contribution in [0.3, 0.4) is 0 Å². The predicted molar refractivity (Wildman–Crippen MR) is 84.5 cm³/mol. The van der Waals surface area contributed by atoms with E-state index in [0.29, 0.717) is 18.8 Å². The molecule has 1 rings (SSSR count). The minimum atomic E-state index is -0.387. The van der Waals surface area contributed by atoms with Gasteiger partial charge < -0.3 is 15.2 Å². The number of hydrogen-bond acceptors (Lipinski definition) is 4. The topological polar surface area (TPSA) is 68.3 Å². The molecule has 1 unspecified atom stereocenters. The lowest BCUT2D eigenvalue weighted by molar-refractivity contribution is 0.250. The minimum absolute atomic E-state index is 0.106. The van der Waals surface area contributed by atoms with Crippen molar-refractivity contribution in [2.75, 3.05) is 13.7 Å². The summed E-state index contributed by atoms with van der Waals surface area (Å²) in [5.74, 6) is 1.46. The zero-order chi connectivity index (χ0) is 15.9. The number of rotatable bonds is 8. The number of para-hydroxylation sites is 1. The number of nitrogens with zero attached hydrogens (tertiary/aromatic N) is 1. The van der Waals surface area contributed by atoms with Gasteiger partial charge in [0.1, 0.15) is 0 Å². The van der Waals surface area contributed by atoms with Gasteiger partial charge in [0.2, 0.25) is 0 Å². The summed E-state index contributed by atoms with van der Waals surface area (Å²) in [6, 6.07) is 8.23. The zero-order valence-electron chi connectivity index (χ0n) is 13.5. The molecule has 0 aliphatic rings. The molecule has 0 bridgehead atoms. The van der Waals surface area contributed by atoms with E-state index in [1.165, 1.54) is 0 Å². The minimum Gasteiger partial charge on any atom is -0.493 e. The van der Waals surface area contributed by atoms with Gasteiger partial charge in [0.25, 0.3) is 0 Å². The molecule has 4 nitrogen and oxygen atoms in total. The quantitative estimate of drug-likeness (QED) is 0.797. The predicted octanol–water partition coefficient (Wildman–Crippen LogP) is 3.29. The molecule has 1 atom stereocenters. The Hall–Kier alpha value is -1.73. The molecule has 0 saturated carbocycles. The fraction of sp³-hybridized carbons (Fsp3) is 0.588. The third kappa shape index (κ3) is 5.28. The maximum atomic E-state index is 9.05. The van der Waals surface area contributed by atoms with Gasteiger partial charge in [0, 0.05) is 6.04 Å². The number of nitriles is 1. The normalized spacial score (nSPS) is 12.6. The van der Waals surface area contributed by atoms with Crippen LogP contribution in [0.15, 0.2) is 18.2 Å². The van der Waals surface area contributed by atoms with Crippen LogP contribution in [0.2, 0.25) is 0 Å². The summed E-state index contributed by atoms with van der Waals surface area (Å²) in [7, 11) is 1.63. The molecule has 116 valence electrons. The van der Waals surface area contributed by atoms with Crippen LogP contribution in [0.5, 0.6) is 11.5 Å². The molecule has 4 heteroatoms. The van der Waals surface area contributed by atoms with E-state index in [-0.39, 0.29) is 11.5 Å². The van der Waals surface area contributed by atoms with Gasteiger partial charge >= 0.3 is 0 Å². The third-order valence-corrected chi connectivity index (χ3v) is 3.56. The largest absolute Gasteiger partial charge is 0.493 e. The fourth-order valence-corrected chi connectivity index (χ4v) is 1.94. The van der Waals surface area contributed by atoms with Gasteiger partial charge in [-0.15, -0.1) is 0 Å². The Kier molecular flexibility index (Phi) is 6.51. The summed E-state index contributed by atoms with van der Waals surface area (Å²) in [5.41, 5.74) is 6.71. The Bertz CT molecular complexity index is 492. The van der Waals surface area contributed by atoms with Crippen molar-refractivity contribution in [3.8, 4) is 17.6 Å². The van der Waals surface area contributed by atoms with Gasteiger partial charge in [0.15, 0.2) is 11.5 Å². The first-order chi connectivity index (χ1) is 9.93. The van der Waals surface area contributed by atoms with Gasteiger partial charge in [-0.3, -0.25) is 0 Å². The van der Waals surface area contributed by atoms with Crippen LogP contribution >= 0.6 is 0 Å². The van der Waals surface area contributed by atoms with Crippen molar-refractivity contribution in [3.63, 3.8) is 0 Å². The molecule has 1 aromatic rings. The Labute approximate surface area is 127 Å². The van der Waals surface area contributed by atoms with Crippen molar-refractivity contribution in [1.29, 1.82) is 5.26 Å². The second-order valence-electron chi connectivity index (χ2n) is 5.92. The molecule has 21 heavy (non-hydrogen) atoms. The molecule has 0 heterocycles. The van der Waals surface area contributed by atoms with Crippen molar-refractivity contribution in [2.24, 2.45) is 11.1 Å². The molecular weight excluding hydrogens is 264 g/mol. The number of methoxy groups -OCH3 is 1. The van der Waals surface area contributed by atoms with Crippen LogP contribution < -0.4 is 15.2 Å². The van der Waals surface area contributed by atoms with E-state index in [1.807, 2.05) is 32.0 Å². The Morgan fingerprint density at radius 3 is 2.67 bits per heavy atom. The van der Waals surface area contributed by atoms with Crippen LogP contribution in [-0.2, 0) is 6.42 Å². The van der Waals surface area contributed by atoms with Gasteiger partial charge in [-0.25, -0.2) is 0 Å². The van der Waals surface area contributed by atoms with Crippen molar-refractivity contribution >= 4 is 0 Å². The van der Waals surface area contributed by atoms with E-state index in [4.69, 9.17) is 20.5 Å². The standard InChI is InChI=1S/C17H26N2O2/c1-5-14(19)11-13-7-6-8-15(20-4)16(13)21-10-9-17(2,3)12-18/h6-8,14H,5,9-11,19H2,1-4H3. The molecule has 0 spiro atoms. The van der Waals surface area contributed by atoms with Gasteiger partial charge in [0.05, 0.1) is 25.2 Å². The second kappa shape index (κ2) is 7.90. The highest BCUT2D eigenvalue weighted by Crippen LogP contribution is 2.32. The van der Waals surface area contributed by atoms with Gasteiger partial charge in [-0.05, 0) is 44.7 Å². The van der Waals surface area contributed by atoms with E-state index >= 15 is 0 Å². The van der Waals surface area contributed by atoms with Gasteiger partial charge in [-0.2, -0.15) is 5.26 Å². The fourth-order valence-electron chi connectivity index (χ4n) is 1.94. The molecular formula is C17H26N2O2. The highest BCUT2D eigenvalue weighted by Gasteiger charge is 2.18. The first kappa shape index (κ1) is 17.3. The molecule has 0 amide bonds. The van der Waals surface area contributed by atoms with E-state index in [2.05, 4.69) is 13.0 Å². The summed E-state index contributed by atoms with van der Waals surface area (Å²) < 4.78 is 11.3. The lowest BCUT2D eigenvalue weighted by Crippen LogP contribution is -2.22.